The molecule has 0 aliphatic carbocycles. The van der Waals surface area contributed by atoms with Gasteiger partial charge in [0.15, 0.2) is 0 Å². The lowest BCUT2D eigenvalue weighted by atomic mass is 9.87. The van der Waals surface area contributed by atoms with Gasteiger partial charge < -0.3 is 10.6 Å². The predicted octanol–water partition coefficient (Wildman–Crippen LogP) is 3.59. The van der Waals surface area contributed by atoms with Gasteiger partial charge in [0, 0.05) is 18.3 Å². The Morgan fingerprint density at radius 2 is 2.00 bits per heavy atom. The van der Waals surface area contributed by atoms with Crippen molar-refractivity contribution < 1.29 is 0 Å². The fourth-order valence-electron chi connectivity index (χ4n) is 2.96. The van der Waals surface area contributed by atoms with Gasteiger partial charge in [-0.25, -0.2) is 0 Å². The Hall–Kier alpha value is -1.02. The number of nitrogens with zero attached hydrogens (tertiary/aromatic N) is 1. The van der Waals surface area contributed by atoms with Crippen LogP contribution in [0.5, 0.6) is 0 Å². The van der Waals surface area contributed by atoms with Gasteiger partial charge >= 0.3 is 0 Å². The van der Waals surface area contributed by atoms with E-state index in [9.17, 15) is 0 Å². The number of para-hydroxylation sites is 1. The molecule has 1 aromatic carbocycles. The molecule has 2 heteroatoms. The molecule has 2 nitrogen and oxygen atoms in total. The van der Waals surface area contributed by atoms with Gasteiger partial charge in [0.2, 0.25) is 0 Å². The minimum absolute atomic E-state index is 0.300. The number of benzene rings is 1. The van der Waals surface area contributed by atoms with Crippen LogP contribution in [0.25, 0.3) is 0 Å². The summed E-state index contributed by atoms with van der Waals surface area (Å²) in [4.78, 5) is 2.57. The molecule has 1 aromatic rings. The van der Waals surface area contributed by atoms with Crippen molar-refractivity contribution >= 4 is 5.69 Å². The molecule has 0 fully saturated rings. The lowest BCUT2D eigenvalue weighted by Gasteiger charge is -2.26. The minimum atomic E-state index is 0.300. The highest BCUT2D eigenvalue weighted by Gasteiger charge is 2.24. The monoisotopic (exact) mass is 260 g/mol. The van der Waals surface area contributed by atoms with Crippen LogP contribution in [0.3, 0.4) is 0 Å². The molecule has 1 atom stereocenters. The summed E-state index contributed by atoms with van der Waals surface area (Å²) >= 11 is 0. The molecule has 1 unspecified atom stereocenters. The molecule has 0 saturated carbocycles. The fraction of sp³-hybridized carbons (Fsp3) is 0.647. The van der Waals surface area contributed by atoms with Gasteiger partial charge in [0.1, 0.15) is 0 Å². The fourth-order valence-corrected chi connectivity index (χ4v) is 2.96. The van der Waals surface area contributed by atoms with Gasteiger partial charge in [0.25, 0.3) is 0 Å². The topological polar surface area (TPSA) is 29.3 Å². The number of nitrogens with two attached hydrogens (primary N) is 1. The molecule has 2 N–H and O–H groups in total. The molecule has 0 radical (unpaired) electrons. The molecule has 2 rings (SSSR count). The van der Waals surface area contributed by atoms with Crippen LogP contribution in [0.4, 0.5) is 5.69 Å². The van der Waals surface area contributed by atoms with Crippen LogP contribution in [0.15, 0.2) is 24.3 Å². The Morgan fingerprint density at radius 3 is 2.74 bits per heavy atom. The first-order valence-electron chi connectivity index (χ1n) is 7.58. The van der Waals surface area contributed by atoms with E-state index in [0.29, 0.717) is 11.5 Å². The Labute approximate surface area is 118 Å². The molecule has 0 bridgehead atoms. The van der Waals surface area contributed by atoms with Gasteiger partial charge in [-0.3, -0.25) is 0 Å². The molecule has 0 amide bonds. The zero-order valence-corrected chi connectivity index (χ0v) is 12.7. The SMILES string of the molecule is CC1Cc2ccccc2N1CCCCC(C)(C)CN. The highest BCUT2D eigenvalue weighted by atomic mass is 15.2. The smallest absolute Gasteiger partial charge is 0.0402 e. The van der Waals surface area contributed by atoms with Crippen LogP contribution in [-0.2, 0) is 6.42 Å². The first-order valence-corrected chi connectivity index (χ1v) is 7.58. The summed E-state index contributed by atoms with van der Waals surface area (Å²) in [5, 5.41) is 0. The van der Waals surface area contributed by atoms with E-state index in [2.05, 4.69) is 49.9 Å². The van der Waals surface area contributed by atoms with Crippen LogP contribution in [0.2, 0.25) is 0 Å². The molecule has 1 aliphatic rings. The molecular weight excluding hydrogens is 232 g/mol. The summed E-state index contributed by atoms with van der Waals surface area (Å²) in [5.41, 5.74) is 9.05. The zero-order valence-electron chi connectivity index (χ0n) is 12.7. The van der Waals surface area contributed by atoms with Crippen molar-refractivity contribution in [1.29, 1.82) is 0 Å². The summed E-state index contributed by atoms with van der Waals surface area (Å²) in [7, 11) is 0. The van der Waals surface area contributed by atoms with Crippen molar-refractivity contribution in [2.24, 2.45) is 11.1 Å². The molecular formula is C17H28N2. The minimum Gasteiger partial charge on any atom is -0.368 e. The van der Waals surface area contributed by atoms with Gasteiger partial charge in [-0.15, -0.1) is 0 Å². The number of fused-ring (bicyclic) bond motifs is 1. The highest BCUT2D eigenvalue weighted by molar-refractivity contribution is 5.59. The van der Waals surface area contributed by atoms with Crippen molar-refractivity contribution in [3.63, 3.8) is 0 Å². The second-order valence-corrected chi connectivity index (χ2v) is 6.70. The second kappa shape index (κ2) is 5.96. The molecule has 0 aromatic heterocycles. The van der Waals surface area contributed by atoms with E-state index in [0.717, 1.165) is 6.54 Å². The van der Waals surface area contributed by atoms with E-state index >= 15 is 0 Å². The van der Waals surface area contributed by atoms with Crippen molar-refractivity contribution in [2.45, 2.75) is 52.5 Å². The van der Waals surface area contributed by atoms with Gasteiger partial charge in [-0.05, 0) is 49.8 Å². The maximum Gasteiger partial charge on any atom is 0.0402 e. The maximum absolute atomic E-state index is 5.79. The summed E-state index contributed by atoms with van der Waals surface area (Å²) in [5.74, 6) is 0. The molecule has 0 spiro atoms. The Kier molecular flexibility index (Phi) is 4.51. The van der Waals surface area contributed by atoms with Crippen molar-refractivity contribution in [2.75, 3.05) is 18.0 Å². The summed E-state index contributed by atoms with van der Waals surface area (Å²) in [6.45, 7) is 8.83. The quantitative estimate of drug-likeness (QED) is 0.792. The Bertz CT molecular complexity index is 411. The number of hydrogen-bond acceptors (Lipinski definition) is 2. The largest absolute Gasteiger partial charge is 0.368 e. The third-order valence-electron chi connectivity index (χ3n) is 4.40. The van der Waals surface area contributed by atoms with Crippen LogP contribution in [0.1, 0.15) is 45.6 Å². The number of anilines is 1. The summed E-state index contributed by atoms with van der Waals surface area (Å²) in [6.07, 6.45) is 4.97. The van der Waals surface area contributed by atoms with E-state index < -0.39 is 0 Å². The van der Waals surface area contributed by atoms with Gasteiger partial charge in [0.05, 0.1) is 0 Å². The first-order chi connectivity index (χ1) is 9.03. The normalized spacial score (nSPS) is 18.7. The first kappa shape index (κ1) is 14.4. The average molecular weight is 260 g/mol. The molecule has 106 valence electrons. The molecule has 19 heavy (non-hydrogen) atoms. The van der Waals surface area contributed by atoms with Crippen molar-refractivity contribution in [3.05, 3.63) is 29.8 Å². The Balaban J connectivity index is 1.84. The maximum atomic E-state index is 5.79. The number of hydrogen-bond donors (Lipinski definition) is 1. The Morgan fingerprint density at radius 1 is 1.26 bits per heavy atom. The van der Waals surface area contributed by atoms with Crippen molar-refractivity contribution in [1.82, 2.24) is 0 Å². The zero-order chi connectivity index (χ0) is 13.9. The third kappa shape index (κ3) is 3.50. The van der Waals surface area contributed by atoms with E-state index in [1.54, 1.807) is 0 Å². The van der Waals surface area contributed by atoms with Crippen LogP contribution >= 0.6 is 0 Å². The number of unbranched alkanes of at least 4 members (excludes halogenated alkanes) is 1. The average Bonchev–Trinajstić information content (AvgIpc) is 2.71. The molecule has 1 heterocycles. The van der Waals surface area contributed by atoms with E-state index in [4.69, 9.17) is 5.73 Å². The summed E-state index contributed by atoms with van der Waals surface area (Å²) in [6, 6.07) is 9.49. The molecule has 0 saturated heterocycles. The van der Waals surface area contributed by atoms with Crippen LogP contribution in [-0.4, -0.2) is 19.1 Å². The van der Waals surface area contributed by atoms with E-state index in [-0.39, 0.29) is 0 Å². The standard InChI is InChI=1S/C17H28N2/c1-14-12-15-8-4-5-9-16(15)19(14)11-7-6-10-17(2,3)13-18/h4-5,8-9,14H,6-7,10-13,18H2,1-3H3. The number of rotatable bonds is 6. The van der Waals surface area contributed by atoms with Crippen LogP contribution in [0, 0.1) is 5.41 Å². The van der Waals surface area contributed by atoms with Gasteiger partial charge in [-0.1, -0.05) is 38.5 Å². The lowest BCUT2D eigenvalue weighted by molar-refractivity contribution is 0.333. The van der Waals surface area contributed by atoms with E-state index in [1.807, 2.05) is 0 Å². The predicted molar refractivity (Wildman–Crippen MR) is 83.6 cm³/mol. The van der Waals surface area contributed by atoms with Crippen molar-refractivity contribution in [3.8, 4) is 0 Å². The summed E-state index contributed by atoms with van der Waals surface area (Å²) < 4.78 is 0. The lowest BCUT2D eigenvalue weighted by Crippen LogP contribution is -2.30. The highest BCUT2D eigenvalue weighted by Crippen LogP contribution is 2.32. The van der Waals surface area contributed by atoms with Gasteiger partial charge in [-0.2, -0.15) is 0 Å². The molecule has 1 aliphatic heterocycles. The second-order valence-electron chi connectivity index (χ2n) is 6.70. The van der Waals surface area contributed by atoms with Crippen LogP contribution < -0.4 is 10.6 Å². The van der Waals surface area contributed by atoms with E-state index in [1.165, 1.54) is 43.5 Å². The third-order valence-corrected chi connectivity index (χ3v) is 4.40.